The third-order valence-electron chi connectivity index (χ3n) is 3.01. The molecular weight excluding hydrogens is 236 g/mol. The molecule has 0 spiro atoms. The van der Waals surface area contributed by atoms with Crippen LogP contribution in [0.1, 0.15) is 24.0 Å². The third-order valence-corrected chi connectivity index (χ3v) is 3.01. The average molecular weight is 254 g/mol. The summed E-state index contributed by atoms with van der Waals surface area (Å²) in [5, 5.41) is 12.4. The summed E-state index contributed by atoms with van der Waals surface area (Å²) in [5.41, 5.74) is 2.81. The Hall–Kier alpha value is -2.28. The van der Waals surface area contributed by atoms with Crippen molar-refractivity contribution in [2.24, 2.45) is 0 Å². The summed E-state index contributed by atoms with van der Waals surface area (Å²) in [6, 6.07) is 8.06. The van der Waals surface area contributed by atoms with E-state index in [0.29, 0.717) is 5.56 Å². The van der Waals surface area contributed by atoms with Gasteiger partial charge in [-0.15, -0.1) is 0 Å². The lowest BCUT2D eigenvalue weighted by atomic mass is 10.1. The molecule has 0 atom stereocenters. The van der Waals surface area contributed by atoms with E-state index in [1.54, 1.807) is 6.20 Å². The Morgan fingerprint density at radius 1 is 1.37 bits per heavy atom. The number of imidazole rings is 1. The normalized spacial score (nSPS) is 10.1. The van der Waals surface area contributed by atoms with Crippen LogP contribution in [0.15, 0.2) is 36.9 Å². The van der Waals surface area contributed by atoms with E-state index >= 15 is 0 Å². The van der Waals surface area contributed by atoms with Gasteiger partial charge in [-0.3, -0.25) is 0 Å². The maximum absolute atomic E-state index is 9.04. The van der Waals surface area contributed by atoms with E-state index in [2.05, 4.69) is 20.9 Å². The number of nitrogens with one attached hydrogen (secondary N) is 1. The molecule has 4 heteroatoms. The van der Waals surface area contributed by atoms with Gasteiger partial charge in [0.25, 0.3) is 0 Å². The number of nitrogens with zero attached hydrogens (tertiary/aromatic N) is 3. The van der Waals surface area contributed by atoms with Crippen molar-refractivity contribution in [3.05, 3.63) is 48.0 Å². The quantitative estimate of drug-likeness (QED) is 0.806. The maximum Gasteiger partial charge on any atom is 0.101 e. The largest absolute Gasteiger partial charge is 0.384 e. The van der Waals surface area contributed by atoms with Crippen molar-refractivity contribution < 1.29 is 0 Å². The van der Waals surface area contributed by atoms with Crippen molar-refractivity contribution in [1.82, 2.24) is 9.55 Å². The fourth-order valence-electron chi connectivity index (χ4n) is 1.96. The predicted molar refractivity (Wildman–Crippen MR) is 75.8 cm³/mol. The molecule has 1 heterocycles. The fourth-order valence-corrected chi connectivity index (χ4v) is 1.96. The number of hydrogen-bond donors (Lipinski definition) is 1. The summed E-state index contributed by atoms with van der Waals surface area (Å²) in [6.07, 6.45) is 7.77. The second-order valence-electron chi connectivity index (χ2n) is 4.60. The molecule has 98 valence electrons. The van der Waals surface area contributed by atoms with Crippen LogP contribution in [0.3, 0.4) is 0 Å². The minimum atomic E-state index is 0.709. The first-order valence-electron chi connectivity index (χ1n) is 6.50. The molecule has 4 nitrogen and oxygen atoms in total. The van der Waals surface area contributed by atoms with Gasteiger partial charge in [0.1, 0.15) is 6.07 Å². The molecule has 0 bridgehead atoms. The van der Waals surface area contributed by atoms with E-state index in [4.69, 9.17) is 5.26 Å². The van der Waals surface area contributed by atoms with Crippen molar-refractivity contribution >= 4 is 5.69 Å². The summed E-state index contributed by atoms with van der Waals surface area (Å²) in [6.45, 7) is 3.90. The molecule has 0 amide bonds. The molecule has 0 aliphatic heterocycles. The van der Waals surface area contributed by atoms with Crippen LogP contribution < -0.4 is 5.32 Å². The lowest BCUT2D eigenvalue weighted by Gasteiger charge is -2.09. The van der Waals surface area contributed by atoms with E-state index in [9.17, 15) is 0 Å². The lowest BCUT2D eigenvalue weighted by molar-refractivity contribution is 0.621. The molecule has 1 N–H and O–H groups in total. The van der Waals surface area contributed by atoms with E-state index in [1.165, 1.54) is 5.56 Å². The Labute approximate surface area is 113 Å². The van der Waals surface area contributed by atoms with Crippen LogP contribution >= 0.6 is 0 Å². The SMILES string of the molecule is Cc1ccc(C#N)c(NCCCCn2ccnc2)c1. The van der Waals surface area contributed by atoms with Crippen molar-refractivity contribution in [2.75, 3.05) is 11.9 Å². The van der Waals surface area contributed by atoms with Crippen molar-refractivity contribution in [1.29, 1.82) is 5.26 Å². The predicted octanol–water partition coefficient (Wildman–Crippen LogP) is 2.96. The molecule has 0 aliphatic rings. The van der Waals surface area contributed by atoms with Crippen LogP contribution in [0.2, 0.25) is 0 Å². The average Bonchev–Trinajstić information content (AvgIpc) is 2.92. The zero-order valence-corrected chi connectivity index (χ0v) is 11.1. The second-order valence-corrected chi connectivity index (χ2v) is 4.60. The Balaban J connectivity index is 1.76. The Bertz CT molecular complexity index is 552. The number of aromatic nitrogens is 2. The van der Waals surface area contributed by atoms with Gasteiger partial charge < -0.3 is 9.88 Å². The summed E-state index contributed by atoms with van der Waals surface area (Å²) >= 11 is 0. The standard InChI is InChI=1S/C15H18N4/c1-13-4-5-14(11-16)15(10-13)18-6-2-3-8-19-9-7-17-12-19/h4-5,7,9-10,12,18H,2-3,6,8H2,1H3. The molecule has 0 fully saturated rings. The van der Waals surface area contributed by atoms with Gasteiger partial charge in [0.15, 0.2) is 0 Å². The first kappa shape index (κ1) is 13.2. The van der Waals surface area contributed by atoms with Crippen LogP contribution in [0, 0.1) is 18.3 Å². The third kappa shape index (κ3) is 3.85. The summed E-state index contributed by atoms with van der Waals surface area (Å²) < 4.78 is 2.08. The summed E-state index contributed by atoms with van der Waals surface area (Å²) in [5.74, 6) is 0. The Kier molecular flexibility index (Phi) is 4.57. The van der Waals surface area contributed by atoms with E-state index in [-0.39, 0.29) is 0 Å². The van der Waals surface area contributed by atoms with Gasteiger partial charge in [-0.05, 0) is 37.5 Å². The number of nitriles is 1. The van der Waals surface area contributed by atoms with Gasteiger partial charge in [-0.25, -0.2) is 4.98 Å². The van der Waals surface area contributed by atoms with Crippen LogP contribution in [0.4, 0.5) is 5.69 Å². The van der Waals surface area contributed by atoms with Crippen molar-refractivity contribution in [3.63, 3.8) is 0 Å². The zero-order valence-electron chi connectivity index (χ0n) is 11.1. The smallest absolute Gasteiger partial charge is 0.101 e. The van der Waals surface area contributed by atoms with Gasteiger partial charge in [0, 0.05) is 25.5 Å². The molecule has 0 saturated heterocycles. The number of benzene rings is 1. The molecule has 0 unspecified atom stereocenters. The number of hydrogen-bond acceptors (Lipinski definition) is 3. The number of aryl methyl sites for hydroxylation is 2. The first-order chi connectivity index (χ1) is 9.29. The van der Waals surface area contributed by atoms with Gasteiger partial charge in [0.05, 0.1) is 17.6 Å². The molecular formula is C15H18N4. The highest BCUT2D eigenvalue weighted by Crippen LogP contribution is 2.16. The molecule has 2 aromatic rings. The molecule has 0 radical (unpaired) electrons. The number of rotatable bonds is 6. The van der Waals surface area contributed by atoms with Crippen molar-refractivity contribution in [3.8, 4) is 6.07 Å². The van der Waals surface area contributed by atoms with Gasteiger partial charge in [-0.1, -0.05) is 6.07 Å². The van der Waals surface area contributed by atoms with Gasteiger partial charge >= 0.3 is 0 Å². The molecule has 2 rings (SSSR count). The Morgan fingerprint density at radius 2 is 2.26 bits per heavy atom. The number of unbranched alkanes of at least 4 members (excludes halogenated alkanes) is 1. The zero-order chi connectivity index (χ0) is 13.5. The highest BCUT2D eigenvalue weighted by atomic mass is 15.0. The minimum absolute atomic E-state index is 0.709. The highest BCUT2D eigenvalue weighted by Gasteiger charge is 2.01. The van der Waals surface area contributed by atoms with Crippen LogP contribution in [-0.4, -0.2) is 16.1 Å². The second kappa shape index (κ2) is 6.60. The Morgan fingerprint density at radius 3 is 3.00 bits per heavy atom. The molecule has 0 aliphatic carbocycles. The monoisotopic (exact) mass is 254 g/mol. The summed E-state index contributed by atoms with van der Waals surface area (Å²) in [4.78, 5) is 4.01. The molecule has 19 heavy (non-hydrogen) atoms. The van der Waals surface area contributed by atoms with Crippen LogP contribution in [0.25, 0.3) is 0 Å². The topological polar surface area (TPSA) is 53.6 Å². The van der Waals surface area contributed by atoms with E-state index in [1.807, 2.05) is 37.6 Å². The van der Waals surface area contributed by atoms with E-state index < -0.39 is 0 Å². The first-order valence-corrected chi connectivity index (χ1v) is 6.50. The van der Waals surface area contributed by atoms with E-state index in [0.717, 1.165) is 31.6 Å². The minimum Gasteiger partial charge on any atom is -0.384 e. The fraction of sp³-hybridized carbons (Fsp3) is 0.333. The molecule has 1 aromatic carbocycles. The van der Waals surface area contributed by atoms with Gasteiger partial charge in [0.2, 0.25) is 0 Å². The van der Waals surface area contributed by atoms with Crippen molar-refractivity contribution in [2.45, 2.75) is 26.3 Å². The molecule has 1 aromatic heterocycles. The van der Waals surface area contributed by atoms with Crippen LogP contribution in [-0.2, 0) is 6.54 Å². The van der Waals surface area contributed by atoms with Crippen LogP contribution in [0.5, 0.6) is 0 Å². The lowest BCUT2D eigenvalue weighted by Crippen LogP contribution is -2.05. The van der Waals surface area contributed by atoms with Gasteiger partial charge in [-0.2, -0.15) is 5.26 Å². The summed E-state index contributed by atoms with van der Waals surface area (Å²) in [7, 11) is 0. The number of anilines is 1. The maximum atomic E-state index is 9.04. The molecule has 0 saturated carbocycles. The highest BCUT2D eigenvalue weighted by molar-refractivity contribution is 5.58.